The molecule has 1 saturated heterocycles. The zero-order valence-electron chi connectivity index (χ0n) is 15.6. The lowest BCUT2D eigenvalue weighted by atomic mass is 10.1. The van der Waals surface area contributed by atoms with Crippen LogP contribution in [-0.2, 0) is 20.8 Å². The van der Waals surface area contributed by atoms with Gasteiger partial charge in [-0.2, -0.15) is 0 Å². The van der Waals surface area contributed by atoms with Crippen LogP contribution >= 0.6 is 11.6 Å². The number of likely N-dealkylation sites (N-methyl/N-ethyl adjacent to an activating group) is 1. The van der Waals surface area contributed by atoms with E-state index in [0.29, 0.717) is 18.1 Å². The van der Waals surface area contributed by atoms with Crippen LogP contribution < -0.4 is 5.32 Å². The molecule has 1 aromatic heterocycles. The summed E-state index contributed by atoms with van der Waals surface area (Å²) in [6.45, 7) is 4.32. The zero-order chi connectivity index (χ0) is 19.7. The number of H-pyrrole nitrogens is 1. The van der Waals surface area contributed by atoms with Gasteiger partial charge in [0.15, 0.2) is 0 Å². The number of hydrogen-bond donors (Lipinski definition) is 2. The molecule has 3 rings (SSSR count). The summed E-state index contributed by atoms with van der Waals surface area (Å²) in [6, 6.07) is 4.89. The molecule has 0 unspecified atom stereocenters. The van der Waals surface area contributed by atoms with Crippen LogP contribution in [0.15, 0.2) is 18.2 Å². The van der Waals surface area contributed by atoms with Crippen LogP contribution in [0.25, 0.3) is 10.9 Å². The number of carbonyl (C=O) groups excluding carboxylic acids is 3. The first-order valence-corrected chi connectivity index (χ1v) is 9.23. The Morgan fingerprint density at radius 3 is 2.70 bits per heavy atom. The predicted octanol–water partition coefficient (Wildman–Crippen LogP) is 1.48. The van der Waals surface area contributed by atoms with Crippen molar-refractivity contribution in [2.75, 3.05) is 26.7 Å². The highest BCUT2D eigenvalue weighted by molar-refractivity contribution is 6.31. The van der Waals surface area contributed by atoms with Crippen LogP contribution in [0, 0.1) is 6.92 Å². The van der Waals surface area contributed by atoms with E-state index in [1.165, 1.54) is 18.9 Å². The highest BCUT2D eigenvalue weighted by atomic mass is 35.5. The molecule has 0 saturated carbocycles. The van der Waals surface area contributed by atoms with Gasteiger partial charge in [0.1, 0.15) is 6.04 Å². The van der Waals surface area contributed by atoms with Crippen molar-refractivity contribution >= 4 is 40.2 Å². The second-order valence-electron chi connectivity index (χ2n) is 6.78. The molecule has 2 N–H and O–H groups in total. The molecule has 1 atom stereocenters. The van der Waals surface area contributed by atoms with Crippen molar-refractivity contribution in [1.29, 1.82) is 0 Å². The first kappa shape index (κ1) is 19.2. The van der Waals surface area contributed by atoms with E-state index in [0.717, 1.165) is 22.2 Å². The summed E-state index contributed by atoms with van der Waals surface area (Å²) in [4.78, 5) is 43.3. The molecule has 3 amide bonds. The van der Waals surface area contributed by atoms with Crippen molar-refractivity contribution in [1.82, 2.24) is 20.1 Å². The quantitative estimate of drug-likeness (QED) is 0.832. The van der Waals surface area contributed by atoms with Gasteiger partial charge in [-0.3, -0.25) is 14.4 Å². The van der Waals surface area contributed by atoms with Crippen LogP contribution in [0.2, 0.25) is 5.02 Å². The van der Waals surface area contributed by atoms with Crippen LogP contribution in [0.3, 0.4) is 0 Å². The topological polar surface area (TPSA) is 85.5 Å². The molecule has 0 radical (unpaired) electrons. The Labute approximate surface area is 162 Å². The van der Waals surface area contributed by atoms with Crippen molar-refractivity contribution in [2.45, 2.75) is 26.3 Å². The number of carbonyl (C=O) groups is 3. The van der Waals surface area contributed by atoms with Gasteiger partial charge in [-0.05, 0) is 30.7 Å². The third-order valence-corrected chi connectivity index (χ3v) is 5.33. The monoisotopic (exact) mass is 390 g/mol. The van der Waals surface area contributed by atoms with Gasteiger partial charge in [0.25, 0.3) is 0 Å². The normalized spacial score (nSPS) is 17.3. The average molecular weight is 391 g/mol. The molecular formula is C19H23ClN4O3. The number of aromatic amines is 1. The third kappa shape index (κ3) is 3.78. The number of hydrogen-bond acceptors (Lipinski definition) is 3. The molecular weight excluding hydrogens is 368 g/mol. The number of nitrogens with one attached hydrogen (secondary N) is 2. The second kappa shape index (κ2) is 7.60. The van der Waals surface area contributed by atoms with Gasteiger partial charge in [0.05, 0.1) is 13.0 Å². The first-order valence-electron chi connectivity index (χ1n) is 8.85. The lowest BCUT2D eigenvalue weighted by Crippen LogP contribution is -2.61. The standard InChI is InChI=1S/C19H23ClN4O3/c1-11-14(15-8-13(20)4-5-16(15)22-11)9-18(26)23-6-7-24(12(2)25)17(10-23)19(27)21-3/h4-5,8,17,22H,6-7,9-10H2,1-3H3,(H,21,27)/t17-/m0/s1. The van der Waals surface area contributed by atoms with E-state index in [-0.39, 0.29) is 30.7 Å². The molecule has 0 aliphatic carbocycles. The van der Waals surface area contributed by atoms with E-state index >= 15 is 0 Å². The number of rotatable bonds is 3. The smallest absolute Gasteiger partial charge is 0.244 e. The van der Waals surface area contributed by atoms with E-state index in [1.54, 1.807) is 11.0 Å². The van der Waals surface area contributed by atoms with E-state index in [4.69, 9.17) is 11.6 Å². The SMILES string of the molecule is CNC(=O)[C@@H]1CN(C(=O)Cc2c(C)[nH]c3ccc(Cl)cc23)CCN1C(C)=O. The molecule has 1 fully saturated rings. The lowest BCUT2D eigenvalue weighted by Gasteiger charge is -2.40. The highest BCUT2D eigenvalue weighted by Gasteiger charge is 2.35. The maximum atomic E-state index is 12.9. The number of benzene rings is 1. The molecule has 7 nitrogen and oxygen atoms in total. The van der Waals surface area contributed by atoms with Crippen LogP contribution in [0.4, 0.5) is 0 Å². The summed E-state index contributed by atoms with van der Waals surface area (Å²) >= 11 is 6.11. The van der Waals surface area contributed by atoms with Gasteiger partial charge < -0.3 is 20.1 Å². The predicted molar refractivity (Wildman–Crippen MR) is 104 cm³/mol. The number of fused-ring (bicyclic) bond motifs is 1. The van der Waals surface area contributed by atoms with E-state index in [2.05, 4.69) is 10.3 Å². The van der Waals surface area contributed by atoms with Gasteiger partial charge in [0, 0.05) is 48.7 Å². The molecule has 2 aromatic rings. The lowest BCUT2D eigenvalue weighted by molar-refractivity contribution is -0.146. The van der Waals surface area contributed by atoms with Gasteiger partial charge in [0.2, 0.25) is 17.7 Å². The van der Waals surface area contributed by atoms with Crippen molar-refractivity contribution in [3.05, 3.63) is 34.5 Å². The van der Waals surface area contributed by atoms with Gasteiger partial charge in [-0.15, -0.1) is 0 Å². The summed E-state index contributed by atoms with van der Waals surface area (Å²) in [5.41, 5.74) is 2.76. The highest BCUT2D eigenvalue weighted by Crippen LogP contribution is 2.26. The van der Waals surface area contributed by atoms with Crippen LogP contribution in [0.1, 0.15) is 18.2 Å². The van der Waals surface area contributed by atoms with E-state index in [1.807, 2.05) is 19.1 Å². The average Bonchev–Trinajstić information content (AvgIpc) is 2.95. The number of aromatic nitrogens is 1. The molecule has 1 aromatic carbocycles. The minimum atomic E-state index is -0.663. The molecule has 0 spiro atoms. The molecule has 0 bridgehead atoms. The van der Waals surface area contributed by atoms with Crippen molar-refractivity contribution in [2.24, 2.45) is 0 Å². The van der Waals surface area contributed by atoms with Crippen molar-refractivity contribution in [3.63, 3.8) is 0 Å². The van der Waals surface area contributed by atoms with Crippen LogP contribution in [-0.4, -0.2) is 65.2 Å². The number of aryl methyl sites for hydroxylation is 1. The fourth-order valence-electron chi connectivity index (χ4n) is 3.62. The molecule has 144 valence electrons. The summed E-state index contributed by atoms with van der Waals surface area (Å²) in [5, 5.41) is 4.12. The molecule has 27 heavy (non-hydrogen) atoms. The van der Waals surface area contributed by atoms with E-state index < -0.39 is 6.04 Å². The largest absolute Gasteiger partial charge is 0.358 e. The van der Waals surface area contributed by atoms with Gasteiger partial charge >= 0.3 is 0 Å². The fourth-order valence-corrected chi connectivity index (χ4v) is 3.79. The Kier molecular flexibility index (Phi) is 5.41. The maximum absolute atomic E-state index is 12.9. The zero-order valence-corrected chi connectivity index (χ0v) is 16.4. The minimum Gasteiger partial charge on any atom is -0.358 e. The summed E-state index contributed by atoms with van der Waals surface area (Å²) < 4.78 is 0. The second-order valence-corrected chi connectivity index (χ2v) is 7.21. The maximum Gasteiger partial charge on any atom is 0.244 e. The number of halogens is 1. The summed E-state index contributed by atoms with van der Waals surface area (Å²) in [6.07, 6.45) is 0.215. The van der Waals surface area contributed by atoms with Gasteiger partial charge in [-0.25, -0.2) is 0 Å². The van der Waals surface area contributed by atoms with Gasteiger partial charge in [-0.1, -0.05) is 11.6 Å². The molecule has 1 aliphatic rings. The Bertz CT molecular complexity index is 908. The molecule has 1 aliphatic heterocycles. The first-order chi connectivity index (χ1) is 12.8. The Balaban J connectivity index is 1.81. The summed E-state index contributed by atoms with van der Waals surface area (Å²) in [7, 11) is 1.53. The Morgan fingerprint density at radius 2 is 2.04 bits per heavy atom. The number of amides is 3. The fraction of sp³-hybridized carbons (Fsp3) is 0.421. The minimum absolute atomic E-state index is 0.0731. The van der Waals surface area contributed by atoms with Crippen molar-refractivity contribution in [3.8, 4) is 0 Å². The van der Waals surface area contributed by atoms with Crippen molar-refractivity contribution < 1.29 is 14.4 Å². The number of piperazine rings is 1. The Hall–Kier alpha value is -2.54. The third-order valence-electron chi connectivity index (χ3n) is 5.10. The van der Waals surface area contributed by atoms with Crippen LogP contribution in [0.5, 0.6) is 0 Å². The van der Waals surface area contributed by atoms with E-state index in [9.17, 15) is 14.4 Å². The Morgan fingerprint density at radius 1 is 1.30 bits per heavy atom. The number of nitrogens with zero attached hydrogens (tertiary/aromatic N) is 2. The molecule has 2 heterocycles. The summed E-state index contributed by atoms with van der Waals surface area (Å²) in [5.74, 6) is -0.508. The molecule has 8 heteroatoms.